The van der Waals surface area contributed by atoms with Crippen molar-refractivity contribution in [3.05, 3.63) is 47.7 Å². The van der Waals surface area contributed by atoms with E-state index >= 15 is 0 Å². The molecule has 1 fully saturated rings. The van der Waals surface area contributed by atoms with Crippen LogP contribution in [0.3, 0.4) is 0 Å². The van der Waals surface area contributed by atoms with Gasteiger partial charge in [-0.2, -0.15) is 0 Å². The molecule has 28 heavy (non-hydrogen) atoms. The number of phenols is 1. The highest BCUT2D eigenvalue weighted by Crippen LogP contribution is 2.39. The molecule has 148 valence electrons. The molecule has 2 heterocycles. The van der Waals surface area contributed by atoms with Gasteiger partial charge in [0.2, 0.25) is 0 Å². The molecule has 0 saturated carbocycles. The summed E-state index contributed by atoms with van der Waals surface area (Å²) in [6.45, 7) is 6.31. The Morgan fingerprint density at radius 3 is 2.64 bits per heavy atom. The summed E-state index contributed by atoms with van der Waals surface area (Å²) in [5, 5.41) is 12.2. The number of hydrogen-bond acceptors (Lipinski definition) is 5. The van der Waals surface area contributed by atoms with Gasteiger partial charge in [-0.1, -0.05) is 19.1 Å². The molecule has 0 bridgehead atoms. The van der Waals surface area contributed by atoms with Gasteiger partial charge in [0.1, 0.15) is 11.6 Å². The van der Waals surface area contributed by atoms with Gasteiger partial charge >= 0.3 is 11.8 Å². The molecule has 2 atom stereocenters. The Labute approximate surface area is 164 Å². The Morgan fingerprint density at radius 2 is 2.00 bits per heavy atom. The quantitative estimate of drug-likeness (QED) is 0.692. The first kappa shape index (κ1) is 19.7. The lowest BCUT2D eigenvalue weighted by atomic mass is 9.79. The maximum atomic E-state index is 13.1. The molecule has 4 N–H and O–H groups in total. The van der Waals surface area contributed by atoms with E-state index in [1.165, 1.54) is 6.20 Å². The maximum Gasteiger partial charge on any atom is 0.313 e. The van der Waals surface area contributed by atoms with Crippen molar-refractivity contribution in [2.75, 3.05) is 17.6 Å². The summed E-state index contributed by atoms with van der Waals surface area (Å²) in [4.78, 5) is 31.4. The number of aryl methyl sites for hydroxylation is 1. The fraction of sp³-hybridized carbons (Fsp3) is 0.381. The molecule has 0 unspecified atom stereocenters. The summed E-state index contributed by atoms with van der Waals surface area (Å²) >= 11 is 0. The topological polar surface area (TPSA) is 109 Å². The highest BCUT2D eigenvalue weighted by atomic mass is 16.3. The van der Waals surface area contributed by atoms with E-state index in [4.69, 9.17) is 5.73 Å². The molecule has 0 aliphatic carbocycles. The van der Waals surface area contributed by atoms with E-state index in [0.717, 1.165) is 24.0 Å². The van der Waals surface area contributed by atoms with Crippen LogP contribution in [0.2, 0.25) is 0 Å². The second-order valence-electron chi connectivity index (χ2n) is 7.76. The minimum Gasteiger partial charge on any atom is -0.508 e. The minimum absolute atomic E-state index is 0.165. The van der Waals surface area contributed by atoms with E-state index in [2.05, 4.69) is 17.2 Å². The van der Waals surface area contributed by atoms with Gasteiger partial charge in [-0.25, -0.2) is 4.98 Å². The molecule has 3 rings (SSSR count). The summed E-state index contributed by atoms with van der Waals surface area (Å²) in [6.07, 6.45) is 3.12. The number of carbonyl (C=O) groups excluding carboxylic acids is 2. The van der Waals surface area contributed by atoms with Crippen LogP contribution in [0, 0.1) is 12.8 Å². The molecule has 1 aromatic heterocycles. The number of nitrogens with two attached hydrogens (primary N) is 1. The lowest BCUT2D eigenvalue weighted by Gasteiger charge is -2.47. The summed E-state index contributed by atoms with van der Waals surface area (Å²) in [7, 11) is 0. The third kappa shape index (κ3) is 3.78. The number of benzene rings is 1. The Balaban J connectivity index is 1.86. The molecule has 1 aliphatic heterocycles. The third-order valence-corrected chi connectivity index (χ3v) is 5.52. The number of phenolic OH excluding ortho intramolecular Hbond substituents is 1. The second kappa shape index (κ2) is 7.50. The number of anilines is 2. The molecule has 7 nitrogen and oxygen atoms in total. The molecule has 0 radical (unpaired) electrons. The molecule has 2 amide bonds. The average Bonchev–Trinajstić information content (AvgIpc) is 2.66. The zero-order chi connectivity index (χ0) is 20.5. The van der Waals surface area contributed by atoms with Crippen molar-refractivity contribution < 1.29 is 14.7 Å². The number of carbonyl (C=O) groups is 2. The maximum absolute atomic E-state index is 13.1. The van der Waals surface area contributed by atoms with Crippen LogP contribution in [0.5, 0.6) is 5.75 Å². The van der Waals surface area contributed by atoms with Gasteiger partial charge in [0.15, 0.2) is 0 Å². The van der Waals surface area contributed by atoms with E-state index in [-0.39, 0.29) is 5.75 Å². The largest absolute Gasteiger partial charge is 0.508 e. The van der Waals surface area contributed by atoms with Crippen molar-refractivity contribution in [3.63, 3.8) is 0 Å². The predicted molar refractivity (Wildman–Crippen MR) is 108 cm³/mol. The lowest BCUT2D eigenvalue weighted by molar-refractivity contribution is -0.150. The van der Waals surface area contributed by atoms with Gasteiger partial charge in [-0.05, 0) is 61.9 Å². The van der Waals surface area contributed by atoms with Crippen LogP contribution in [-0.4, -0.2) is 33.3 Å². The van der Waals surface area contributed by atoms with Crippen LogP contribution in [0.1, 0.15) is 37.8 Å². The van der Waals surface area contributed by atoms with Crippen LogP contribution in [-0.2, 0) is 15.1 Å². The van der Waals surface area contributed by atoms with Crippen LogP contribution < -0.4 is 11.1 Å². The smallest absolute Gasteiger partial charge is 0.313 e. The number of aromatic nitrogens is 1. The van der Waals surface area contributed by atoms with Crippen molar-refractivity contribution in [1.29, 1.82) is 0 Å². The molecule has 7 heteroatoms. The number of rotatable bonds is 2. The van der Waals surface area contributed by atoms with Crippen LogP contribution in [0.4, 0.5) is 11.5 Å². The number of likely N-dealkylation sites (tertiary alicyclic amines) is 1. The zero-order valence-corrected chi connectivity index (χ0v) is 16.4. The zero-order valence-electron chi connectivity index (χ0n) is 16.4. The monoisotopic (exact) mass is 382 g/mol. The number of piperidine rings is 1. The number of aromatic hydroxyl groups is 1. The first-order valence-electron chi connectivity index (χ1n) is 9.35. The van der Waals surface area contributed by atoms with E-state index in [1.807, 2.05) is 6.92 Å². The Hall–Kier alpha value is -3.09. The molecular weight excluding hydrogens is 356 g/mol. The molecule has 1 aliphatic rings. The highest BCUT2D eigenvalue weighted by molar-refractivity contribution is 6.39. The first-order chi connectivity index (χ1) is 13.2. The fourth-order valence-corrected chi connectivity index (χ4v) is 3.66. The van der Waals surface area contributed by atoms with Gasteiger partial charge in [0.25, 0.3) is 0 Å². The minimum atomic E-state index is -0.704. The molecular formula is C21H26N4O3. The van der Waals surface area contributed by atoms with Crippen LogP contribution >= 0.6 is 0 Å². The number of pyridine rings is 1. The van der Waals surface area contributed by atoms with Crippen molar-refractivity contribution in [3.8, 4) is 5.75 Å². The van der Waals surface area contributed by atoms with Crippen LogP contribution in [0.25, 0.3) is 0 Å². The fourth-order valence-electron chi connectivity index (χ4n) is 3.66. The van der Waals surface area contributed by atoms with Gasteiger partial charge in [-0.3, -0.25) is 9.59 Å². The number of nitrogen functional groups attached to an aromatic ring is 1. The average molecular weight is 382 g/mol. The van der Waals surface area contributed by atoms with E-state index in [9.17, 15) is 14.7 Å². The number of nitrogens with zero attached hydrogens (tertiary/aromatic N) is 2. The van der Waals surface area contributed by atoms with Gasteiger partial charge in [0.05, 0.1) is 17.4 Å². The van der Waals surface area contributed by atoms with Crippen LogP contribution in [0.15, 0.2) is 36.5 Å². The van der Waals surface area contributed by atoms with Crippen molar-refractivity contribution in [2.45, 2.75) is 39.2 Å². The van der Waals surface area contributed by atoms with Crippen molar-refractivity contribution >= 4 is 23.3 Å². The lowest BCUT2D eigenvalue weighted by Crippen LogP contribution is -2.55. The molecule has 0 spiro atoms. The summed E-state index contributed by atoms with van der Waals surface area (Å²) in [6, 6.07) is 8.49. The van der Waals surface area contributed by atoms with Gasteiger partial charge < -0.3 is 21.1 Å². The Morgan fingerprint density at radius 1 is 1.32 bits per heavy atom. The van der Waals surface area contributed by atoms with Crippen molar-refractivity contribution in [1.82, 2.24) is 9.88 Å². The van der Waals surface area contributed by atoms with Gasteiger partial charge in [0, 0.05) is 6.54 Å². The summed E-state index contributed by atoms with van der Waals surface area (Å²) < 4.78 is 0. The summed E-state index contributed by atoms with van der Waals surface area (Å²) in [5.41, 5.74) is 7.14. The molecule has 2 aromatic rings. The highest BCUT2D eigenvalue weighted by Gasteiger charge is 2.43. The third-order valence-electron chi connectivity index (χ3n) is 5.52. The SMILES string of the molecule is Cc1cc(NC(=O)C(=O)N2C[C@@H](C)CC[C@@]2(C)c2ccc(O)cc2)cnc1N. The molecule has 1 aromatic carbocycles. The predicted octanol–water partition coefficient (Wildman–Crippen LogP) is 2.79. The number of nitrogens with one attached hydrogen (secondary N) is 1. The Kier molecular flexibility index (Phi) is 5.27. The van der Waals surface area contributed by atoms with E-state index in [1.54, 1.807) is 42.2 Å². The van der Waals surface area contributed by atoms with E-state index in [0.29, 0.717) is 24.0 Å². The standard InChI is InChI=1S/C21H26N4O3/c1-13-8-9-21(3,15-4-6-17(26)7-5-15)25(12-13)20(28)19(27)24-16-10-14(2)18(22)23-11-16/h4-7,10-11,13,26H,8-9,12H2,1-3H3,(H2,22,23)(H,24,27)/t13-,21-/m0/s1. The molecule has 1 saturated heterocycles. The normalized spacial score (nSPS) is 22.0. The summed E-state index contributed by atoms with van der Waals surface area (Å²) in [5.74, 6) is -0.448. The van der Waals surface area contributed by atoms with Gasteiger partial charge in [-0.15, -0.1) is 0 Å². The Bertz CT molecular complexity index is 897. The number of amides is 2. The number of hydrogen-bond donors (Lipinski definition) is 3. The second-order valence-corrected chi connectivity index (χ2v) is 7.76. The first-order valence-corrected chi connectivity index (χ1v) is 9.35. The van der Waals surface area contributed by atoms with Crippen molar-refractivity contribution in [2.24, 2.45) is 5.92 Å². The van der Waals surface area contributed by atoms with E-state index < -0.39 is 17.4 Å².